The number of hydrogen-bond acceptors (Lipinski definition) is 2. The molecule has 16 heavy (non-hydrogen) atoms. The molecular formula is C13H19NO2. The van der Waals surface area contributed by atoms with E-state index in [9.17, 15) is 9.90 Å². The van der Waals surface area contributed by atoms with Gasteiger partial charge >= 0.3 is 0 Å². The molecule has 0 aliphatic carbocycles. The standard InChI is InChI=1S/C13H19NO2/c1-9-7-10(15)5-6-11(9)12(16)14-8-13(2,3)4/h5-7,15H,8H2,1-4H3,(H,14,16). The molecule has 1 amide bonds. The average Bonchev–Trinajstić information content (AvgIpc) is 2.13. The molecule has 1 rings (SSSR count). The predicted molar refractivity (Wildman–Crippen MR) is 64.6 cm³/mol. The Morgan fingerprint density at radius 3 is 2.50 bits per heavy atom. The molecule has 0 aliphatic rings. The van der Waals surface area contributed by atoms with Crippen molar-refractivity contribution in [2.75, 3.05) is 6.54 Å². The zero-order valence-electron chi connectivity index (χ0n) is 10.3. The highest BCUT2D eigenvalue weighted by Crippen LogP contribution is 2.16. The first kappa shape index (κ1) is 12.6. The van der Waals surface area contributed by atoms with Crippen molar-refractivity contribution in [3.05, 3.63) is 29.3 Å². The number of rotatable bonds is 2. The van der Waals surface area contributed by atoms with E-state index in [0.717, 1.165) is 5.56 Å². The van der Waals surface area contributed by atoms with Gasteiger partial charge in [-0.1, -0.05) is 20.8 Å². The van der Waals surface area contributed by atoms with E-state index in [4.69, 9.17) is 0 Å². The van der Waals surface area contributed by atoms with Crippen LogP contribution in [0.4, 0.5) is 0 Å². The number of carbonyl (C=O) groups is 1. The Hall–Kier alpha value is -1.51. The number of carbonyl (C=O) groups excluding carboxylic acids is 1. The van der Waals surface area contributed by atoms with Crippen LogP contribution in [0, 0.1) is 12.3 Å². The van der Waals surface area contributed by atoms with E-state index in [0.29, 0.717) is 12.1 Å². The second-order valence-corrected chi connectivity index (χ2v) is 5.24. The van der Waals surface area contributed by atoms with Crippen molar-refractivity contribution in [3.63, 3.8) is 0 Å². The van der Waals surface area contributed by atoms with Gasteiger partial charge in [-0.2, -0.15) is 0 Å². The third-order valence-corrected chi connectivity index (χ3v) is 2.23. The summed E-state index contributed by atoms with van der Waals surface area (Å²) < 4.78 is 0. The van der Waals surface area contributed by atoms with E-state index in [1.165, 1.54) is 6.07 Å². The van der Waals surface area contributed by atoms with Crippen molar-refractivity contribution in [2.45, 2.75) is 27.7 Å². The highest BCUT2D eigenvalue weighted by Gasteiger charge is 2.14. The quantitative estimate of drug-likeness (QED) is 0.806. The van der Waals surface area contributed by atoms with Crippen LogP contribution in [0.2, 0.25) is 0 Å². The Kier molecular flexibility index (Phi) is 3.58. The lowest BCUT2D eigenvalue weighted by Crippen LogP contribution is -2.32. The maximum atomic E-state index is 11.8. The minimum Gasteiger partial charge on any atom is -0.508 e. The third-order valence-electron chi connectivity index (χ3n) is 2.23. The SMILES string of the molecule is Cc1cc(O)ccc1C(=O)NCC(C)(C)C. The molecule has 0 saturated heterocycles. The van der Waals surface area contributed by atoms with Gasteiger partial charge < -0.3 is 10.4 Å². The molecule has 0 atom stereocenters. The van der Waals surface area contributed by atoms with Gasteiger partial charge in [0, 0.05) is 12.1 Å². The summed E-state index contributed by atoms with van der Waals surface area (Å²) in [5.74, 6) is 0.0947. The molecule has 0 fully saturated rings. The van der Waals surface area contributed by atoms with Crippen molar-refractivity contribution in [2.24, 2.45) is 5.41 Å². The molecule has 0 radical (unpaired) electrons. The lowest BCUT2D eigenvalue weighted by molar-refractivity contribution is 0.0938. The van der Waals surface area contributed by atoms with Gasteiger partial charge in [0.05, 0.1) is 0 Å². The highest BCUT2D eigenvalue weighted by molar-refractivity contribution is 5.95. The van der Waals surface area contributed by atoms with Crippen LogP contribution in [0.3, 0.4) is 0 Å². The fraction of sp³-hybridized carbons (Fsp3) is 0.462. The third kappa shape index (κ3) is 3.57. The van der Waals surface area contributed by atoms with Crippen molar-refractivity contribution < 1.29 is 9.90 Å². The molecule has 0 spiro atoms. The highest BCUT2D eigenvalue weighted by atomic mass is 16.3. The first-order valence-corrected chi connectivity index (χ1v) is 5.37. The molecule has 0 aliphatic heterocycles. The van der Waals surface area contributed by atoms with Crippen LogP contribution in [-0.2, 0) is 0 Å². The summed E-state index contributed by atoms with van der Waals surface area (Å²) in [6, 6.07) is 4.76. The average molecular weight is 221 g/mol. The van der Waals surface area contributed by atoms with E-state index < -0.39 is 0 Å². The van der Waals surface area contributed by atoms with Crippen LogP contribution in [0.25, 0.3) is 0 Å². The van der Waals surface area contributed by atoms with Gasteiger partial charge in [-0.25, -0.2) is 0 Å². The van der Waals surface area contributed by atoms with Gasteiger partial charge in [0.25, 0.3) is 5.91 Å². The van der Waals surface area contributed by atoms with Crippen molar-refractivity contribution >= 4 is 5.91 Å². The number of aryl methyl sites for hydroxylation is 1. The minimum absolute atomic E-state index is 0.0699. The fourth-order valence-corrected chi connectivity index (χ4v) is 1.34. The molecule has 1 aromatic rings. The molecule has 1 aromatic carbocycles. The zero-order valence-corrected chi connectivity index (χ0v) is 10.3. The number of nitrogens with one attached hydrogen (secondary N) is 1. The zero-order chi connectivity index (χ0) is 12.3. The van der Waals surface area contributed by atoms with Gasteiger partial charge in [-0.15, -0.1) is 0 Å². The van der Waals surface area contributed by atoms with Crippen molar-refractivity contribution in [1.29, 1.82) is 0 Å². The van der Waals surface area contributed by atoms with Gasteiger partial charge in [0.1, 0.15) is 5.75 Å². The molecule has 0 unspecified atom stereocenters. The summed E-state index contributed by atoms with van der Waals surface area (Å²) in [5.41, 5.74) is 1.47. The van der Waals surface area contributed by atoms with Gasteiger partial charge in [0.15, 0.2) is 0 Å². The first-order valence-electron chi connectivity index (χ1n) is 5.37. The van der Waals surface area contributed by atoms with E-state index in [-0.39, 0.29) is 17.1 Å². The Morgan fingerprint density at radius 2 is 2.00 bits per heavy atom. The maximum Gasteiger partial charge on any atom is 0.251 e. The van der Waals surface area contributed by atoms with E-state index in [1.807, 2.05) is 6.92 Å². The lowest BCUT2D eigenvalue weighted by Gasteiger charge is -2.19. The molecule has 3 heteroatoms. The number of phenolic OH excluding ortho intramolecular Hbond substituents is 1. The fourth-order valence-electron chi connectivity index (χ4n) is 1.34. The summed E-state index contributed by atoms with van der Waals surface area (Å²) >= 11 is 0. The molecule has 88 valence electrons. The number of hydrogen-bond donors (Lipinski definition) is 2. The van der Waals surface area contributed by atoms with Gasteiger partial charge in [0.2, 0.25) is 0 Å². The molecule has 3 nitrogen and oxygen atoms in total. The lowest BCUT2D eigenvalue weighted by atomic mass is 9.96. The normalized spacial score (nSPS) is 11.2. The van der Waals surface area contributed by atoms with Gasteiger partial charge in [-0.05, 0) is 36.1 Å². The second kappa shape index (κ2) is 4.56. The number of benzene rings is 1. The summed E-state index contributed by atoms with van der Waals surface area (Å²) in [5, 5.41) is 12.1. The molecule has 0 aromatic heterocycles. The smallest absolute Gasteiger partial charge is 0.251 e. The maximum absolute atomic E-state index is 11.8. The Labute approximate surface area is 96.5 Å². The first-order chi connectivity index (χ1) is 7.29. The Morgan fingerprint density at radius 1 is 1.38 bits per heavy atom. The number of phenols is 1. The number of aromatic hydroxyl groups is 1. The Balaban J connectivity index is 2.74. The van der Waals surface area contributed by atoms with Crippen molar-refractivity contribution in [3.8, 4) is 5.75 Å². The molecule has 0 bridgehead atoms. The Bertz CT molecular complexity index is 391. The van der Waals surface area contributed by atoms with E-state index in [2.05, 4.69) is 26.1 Å². The predicted octanol–water partition coefficient (Wildman–Crippen LogP) is 2.48. The number of amides is 1. The summed E-state index contributed by atoms with van der Waals surface area (Å²) in [6.45, 7) is 8.64. The van der Waals surface area contributed by atoms with Crippen LogP contribution in [0.1, 0.15) is 36.7 Å². The van der Waals surface area contributed by atoms with Crippen LogP contribution >= 0.6 is 0 Å². The van der Waals surface area contributed by atoms with Gasteiger partial charge in [-0.3, -0.25) is 4.79 Å². The topological polar surface area (TPSA) is 49.3 Å². The van der Waals surface area contributed by atoms with Crippen LogP contribution in [0.15, 0.2) is 18.2 Å². The molecule has 0 saturated carbocycles. The largest absolute Gasteiger partial charge is 0.508 e. The minimum atomic E-state index is -0.0903. The molecule has 0 heterocycles. The van der Waals surface area contributed by atoms with Crippen LogP contribution in [-0.4, -0.2) is 17.6 Å². The summed E-state index contributed by atoms with van der Waals surface area (Å²) in [4.78, 5) is 11.8. The molecular weight excluding hydrogens is 202 g/mol. The van der Waals surface area contributed by atoms with E-state index in [1.54, 1.807) is 12.1 Å². The molecule has 2 N–H and O–H groups in total. The monoisotopic (exact) mass is 221 g/mol. The van der Waals surface area contributed by atoms with E-state index >= 15 is 0 Å². The van der Waals surface area contributed by atoms with Crippen molar-refractivity contribution in [1.82, 2.24) is 5.32 Å². The van der Waals surface area contributed by atoms with Crippen LogP contribution in [0.5, 0.6) is 5.75 Å². The van der Waals surface area contributed by atoms with Crippen LogP contribution < -0.4 is 5.32 Å². The second-order valence-electron chi connectivity index (χ2n) is 5.24. The summed E-state index contributed by atoms with van der Waals surface area (Å²) in [7, 11) is 0. The summed E-state index contributed by atoms with van der Waals surface area (Å²) in [6.07, 6.45) is 0.